The average molecular weight is 341 g/mol. The Morgan fingerprint density at radius 2 is 1.88 bits per heavy atom. The number of aromatic nitrogens is 2. The van der Waals surface area contributed by atoms with Crippen molar-refractivity contribution in [1.82, 2.24) is 15.3 Å². The van der Waals surface area contributed by atoms with Gasteiger partial charge in [-0.05, 0) is 32.3 Å². The number of hydrogen-bond donors (Lipinski definition) is 3. The van der Waals surface area contributed by atoms with Crippen LogP contribution in [0.25, 0.3) is 0 Å². The van der Waals surface area contributed by atoms with E-state index in [1.165, 1.54) is 5.56 Å². The number of rotatable bonds is 10. The Bertz CT molecular complexity index is 660. The molecule has 1 aromatic heterocycles. The molecule has 134 valence electrons. The van der Waals surface area contributed by atoms with E-state index in [2.05, 4.69) is 38.1 Å². The lowest BCUT2D eigenvalue weighted by Crippen LogP contribution is -2.28. The molecule has 25 heavy (non-hydrogen) atoms. The van der Waals surface area contributed by atoms with Gasteiger partial charge in [-0.15, -0.1) is 0 Å². The van der Waals surface area contributed by atoms with Gasteiger partial charge in [0.05, 0.1) is 0 Å². The van der Waals surface area contributed by atoms with Crippen molar-refractivity contribution >= 4 is 17.7 Å². The second-order valence-electron chi connectivity index (χ2n) is 5.86. The topological polar surface area (TPSA) is 78.9 Å². The van der Waals surface area contributed by atoms with Crippen LogP contribution in [-0.4, -0.2) is 35.5 Å². The summed E-state index contributed by atoms with van der Waals surface area (Å²) in [6.07, 6.45) is 2.34. The standard InChI is InChI=1S/C19H27N5O/c1-3-20-19-23-15(2)14-17(24-19)21-12-13-22-18(25)11-7-10-16-8-5-4-6-9-16/h4-6,8-9,14H,3,7,10-13H2,1-2H3,(H,22,25)(H2,20,21,23,24). The monoisotopic (exact) mass is 341 g/mol. The molecule has 3 N–H and O–H groups in total. The van der Waals surface area contributed by atoms with Crippen LogP contribution < -0.4 is 16.0 Å². The number of carbonyl (C=O) groups is 1. The molecule has 0 fully saturated rings. The Morgan fingerprint density at radius 3 is 2.64 bits per heavy atom. The van der Waals surface area contributed by atoms with E-state index in [9.17, 15) is 4.79 Å². The second kappa shape index (κ2) is 10.3. The first-order chi connectivity index (χ1) is 12.2. The number of aryl methyl sites for hydroxylation is 2. The summed E-state index contributed by atoms with van der Waals surface area (Å²) in [5.41, 5.74) is 2.17. The van der Waals surface area contributed by atoms with Crippen LogP contribution in [0.4, 0.5) is 11.8 Å². The highest BCUT2D eigenvalue weighted by molar-refractivity contribution is 5.75. The van der Waals surface area contributed by atoms with Gasteiger partial charge in [-0.25, -0.2) is 4.98 Å². The Hall–Kier alpha value is -2.63. The second-order valence-corrected chi connectivity index (χ2v) is 5.86. The van der Waals surface area contributed by atoms with Gasteiger partial charge in [-0.1, -0.05) is 30.3 Å². The quantitative estimate of drug-likeness (QED) is 0.579. The van der Waals surface area contributed by atoms with E-state index in [0.29, 0.717) is 25.5 Å². The number of amides is 1. The molecule has 1 amide bonds. The fraction of sp³-hybridized carbons (Fsp3) is 0.421. The molecule has 2 aromatic rings. The van der Waals surface area contributed by atoms with Gasteiger partial charge in [0.25, 0.3) is 0 Å². The van der Waals surface area contributed by atoms with Gasteiger partial charge in [0.1, 0.15) is 5.82 Å². The minimum Gasteiger partial charge on any atom is -0.368 e. The van der Waals surface area contributed by atoms with E-state index in [4.69, 9.17) is 0 Å². The molecule has 0 unspecified atom stereocenters. The summed E-state index contributed by atoms with van der Waals surface area (Å²) >= 11 is 0. The molecule has 0 aliphatic rings. The Labute approximate surface area is 149 Å². The number of benzene rings is 1. The van der Waals surface area contributed by atoms with Crippen molar-refractivity contribution < 1.29 is 4.79 Å². The van der Waals surface area contributed by atoms with Crippen molar-refractivity contribution in [2.45, 2.75) is 33.1 Å². The molecule has 6 nitrogen and oxygen atoms in total. The smallest absolute Gasteiger partial charge is 0.224 e. The first-order valence-corrected chi connectivity index (χ1v) is 8.81. The maximum absolute atomic E-state index is 11.9. The molecular weight excluding hydrogens is 314 g/mol. The van der Waals surface area contributed by atoms with Gasteiger partial charge >= 0.3 is 0 Å². The van der Waals surface area contributed by atoms with Crippen molar-refractivity contribution in [1.29, 1.82) is 0 Å². The van der Waals surface area contributed by atoms with Crippen LogP contribution >= 0.6 is 0 Å². The van der Waals surface area contributed by atoms with Crippen LogP contribution in [-0.2, 0) is 11.2 Å². The first-order valence-electron chi connectivity index (χ1n) is 8.81. The fourth-order valence-corrected chi connectivity index (χ4v) is 2.47. The molecule has 1 aromatic carbocycles. The molecule has 0 spiro atoms. The summed E-state index contributed by atoms with van der Waals surface area (Å²) < 4.78 is 0. The van der Waals surface area contributed by atoms with Crippen molar-refractivity contribution in [3.05, 3.63) is 47.7 Å². The minimum absolute atomic E-state index is 0.0879. The molecular formula is C19H27N5O. The molecule has 0 saturated carbocycles. The van der Waals surface area contributed by atoms with Gasteiger partial charge < -0.3 is 16.0 Å². The summed E-state index contributed by atoms with van der Waals surface area (Å²) in [6, 6.07) is 12.1. The average Bonchev–Trinajstić information content (AvgIpc) is 2.59. The predicted molar refractivity (Wildman–Crippen MR) is 102 cm³/mol. The highest BCUT2D eigenvalue weighted by Crippen LogP contribution is 2.09. The molecule has 0 aliphatic heterocycles. The van der Waals surface area contributed by atoms with Crippen LogP contribution in [0.1, 0.15) is 31.0 Å². The van der Waals surface area contributed by atoms with Crippen LogP contribution in [0, 0.1) is 6.92 Å². The molecule has 1 heterocycles. The third kappa shape index (κ3) is 7.20. The van der Waals surface area contributed by atoms with Crippen LogP contribution in [0.3, 0.4) is 0 Å². The normalized spacial score (nSPS) is 10.3. The number of anilines is 2. The number of hydrogen-bond acceptors (Lipinski definition) is 5. The predicted octanol–water partition coefficient (Wildman–Crippen LogP) is 2.77. The van der Waals surface area contributed by atoms with Crippen molar-refractivity contribution in [3.8, 4) is 0 Å². The van der Waals surface area contributed by atoms with Gasteiger partial charge in [0.15, 0.2) is 0 Å². The fourth-order valence-electron chi connectivity index (χ4n) is 2.47. The summed E-state index contributed by atoms with van der Waals surface area (Å²) in [6.45, 7) is 5.92. The Morgan fingerprint density at radius 1 is 1.08 bits per heavy atom. The third-order valence-corrected chi connectivity index (χ3v) is 3.65. The van der Waals surface area contributed by atoms with E-state index in [0.717, 1.165) is 30.9 Å². The van der Waals surface area contributed by atoms with E-state index in [-0.39, 0.29) is 5.91 Å². The molecule has 0 saturated heterocycles. The van der Waals surface area contributed by atoms with Gasteiger partial charge in [0.2, 0.25) is 11.9 Å². The van der Waals surface area contributed by atoms with Gasteiger partial charge in [-0.2, -0.15) is 4.98 Å². The first kappa shape index (κ1) is 18.7. The zero-order valence-electron chi connectivity index (χ0n) is 15.0. The highest BCUT2D eigenvalue weighted by Gasteiger charge is 2.03. The van der Waals surface area contributed by atoms with Crippen molar-refractivity contribution in [2.75, 3.05) is 30.3 Å². The van der Waals surface area contributed by atoms with E-state index >= 15 is 0 Å². The molecule has 0 radical (unpaired) electrons. The number of carbonyl (C=O) groups excluding carboxylic acids is 1. The van der Waals surface area contributed by atoms with Gasteiger partial charge in [-0.3, -0.25) is 4.79 Å². The van der Waals surface area contributed by atoms with Crippen LogP contribution in [0.5, 0.6) is 0 Å². The Balaban J connectivity index is 1.63. The number of nitrogens with one attached hydrogen (secondary N) is 3. The van der Waals surface area contributed by atoms with E-state index in [1.54, 1.807) is 0 Å². The highest BCUT2D eigenvalue weighted by atomic mass is 16.1. The zero-order chi connectivity index (χ0) is 17.9. The molecule has 6 heteroatoms. The van der Waals surface area contributed by atoms with Crippen molar-refractivity contribution in [3.63, 3.8) is 0 Å². The SMILES string of the molecule is CCNc1nc(C)cc(NCCNC(=O)CCCc2ccccc2)n1. The van der Waals surface area contributed by atoms with E-state index in [1.807, 2.05) is 38.1 Å². The minimum atomic E-state index is 0.0879. The van der Waals surface area contributed by atoms with Gasteiger partial charge in [0, 0.05) is 37.8 Å². The number of nitrogens with zero attached hydrogens (tertiary/aromatic N) is 2. The van der Waals surface area contributed by atoms with Crippen molar-refractivity contribution in [2.24, 2.45) is 0 Å². The molecule has 0 atom stereocenters. The summed E-state index contributed by atoms with van der Waals surface area (Å²) in [5.74, 6) is 1.47. The summed E-state index contributed by atoms with van der Waals surface area (Å²) in [4.78, 5) is 20.5. The largest absolute Gasteiger partial charge is 0.368 e. The summed E-state index contributed by atoms with van der Waals surface area (Å²) in [5, 5.41) is 9.25. The maximum Gasteiger partial charge on any atom is 0.224 e. The van der Waals surface area contributed by atoms with Crippen LogP contribution in [0.15, 0.2) is 36.4 Å². The molecule has 0 bridgehead atoms. The van der Waals surface area contributed by atoms with E-state index < -0.39 is 0 Å². The lowest BCUT2D eigenvalue weighted by molar-refractivity contribution is -0.121. The summed E-state index contributed by atoms with van der Waals surface area (Å²) in [7, 11) is 0. The molecule has 2 rings (SSSR count). The maximum atomic E-state index is 11.9. The zero-order valence-corrected chi connectivity index (χ0v) is 15.0. The van der Waals surface area contributed by atoms with Crippen LogP contribution in [0.2, 0.25) is 0 Å². The third-order valence-electron chi connectivity index (χ3n) is 3.65. The lowest BCUT2D eigenvalue weighted by atomic mass is 10.1. The molecule has 0 aliphatic carbocycles. The lowest BCUT2D eigenvalue weighted by Gasteiger charge is -2.10. The Kier molecular flexibility index (Phi) is 7.69.